The Bertz CT molecular complexity index is 175. The molecule has 0 aromatic rings. The third-order valence-electron chi connectivity index (χ3n) is 1.24. The van der Waals surface area contributed by atoms with Gasteiger partial charge in [-0.3, -0.25) is 4.18 Å². The molecule has 10 heavy (non-hydrogen) atoms. The van der Waals surface area contributed by atoms with Crippen LogP contribution in [0.5, 0.6) is 0 Å². The molecule has 0 rings (SSSR count). The van der Waals surface area contributed by atoms with Crippen LogP contribution in [0, 0.1) is 0 Å². The Hall–Kier alpha value is 0.127. The summed E-state index contributed by atoms with van der Waals surface area (Å²) in [5.41, 5.74) is 0. The van der Waals surface area contributed by atoms with E-state index in [1.54, 1.807) is 6.92 Å². The second-order valence-corrected chi connectivity index (χ2v) is 5.78. The monoisotopic (exact) mass is 182 g/mol. The summed E-state index contributed by atoms with van der Waals surface area (Å²) in [5, 5.41) is 0.192. The molecule has 0 aliphatic carbocycles. The fourth-order valence-corrected chi connectivity index (χ4v) is 1.57. The fourth-order valence-electron chi connectivity index (χ4n) is 0.386. The molecule has 0 aliphatic heterocycles. The predicted octanol–water partition coefficient (Wildman–Crippen LogP) is -0.546. The van der Waals surface area contributed by atoms with E-state index in [0.29, 0.717) is 10.2 Å². The minimum atomic E-state index is -3.17. The van der Waals surface area contributed by atoms with Crippen LogP contribution in [-0.2, 0) is 14.3 Å². The first-order valence-corrected chi connectivity index (χ1v) is 6.42. The van der Waals surface area contributed by atoms with Crippen molar-refractivity contribution in [1.82, 2.24) is 0 Å². The topological polar surface area (TPSA) is 43.4 Å². The summed E-state index contributed by atoms with van der Waals surface area (Å²) in [6.07, 6.45) is 0.569. The van der Waals surface area contributed by atoms with Gasteiger partial charge in [-0.05, 0) is 13.3 Å². The molecule has 0 amide bonds. The summed E-state index contributed by atoms with van der Waals surface area (Å²) in [6, 6.07) is 0. The Morgan fingerprint density at radius 1 is 1.60 bits per heavy atom. The average molecular weight is 182 g/mol. The van der Waals surface area contributed by atoms with Crippen LogP contribution in [0.3, 0.4) is 0 Å². The van der Waals surface area contributed by atoms with Crippen molar-refractivity contribution in [3.63, 3.8) is 0 Å². The maximum atomic E-state index is 10.8. The highest BCUT2D eigenvalue weighted by molar-refractivity contribution is 7.87. The first-order valence-electron chi connectivity index (χ1n) is 3.42. The Morgan fingerprint density at radius 3 is 2.40 bits per heavy atom. The molecular formula is C5H14O3SSi. The molecule has 1 unspecified atom stereocenters. The van der Waals surface area contributed by atoms with E-state index in [1.165, 1.54) is 0 Å². The zero-order chi connectivity index (χ0) is 8.20. The number of hydrogen-bond donors (Lipinski definition) is 0. The number of hydrogen-bond acceptors (Lipinski definition) is 3. The average Bonchev–Trinajstić information content (AvgIpc) is 1.87. The van der Waals surface area contributed by atoms with Crippen molar-refractivity contribution in [1.29, 1.82) is 0 Å². The summed E-state index contributed by atoms with van der Waals surface area (Å²) < 4.78 is 26.3. The molecule has 0 radical (unpaired) electrons. The van der Waals surface area contributed by atoms with Crippen molar-refractivity contribution in [3.8, 4) is 0 Å². The molecule has 1 atom stereocenters. The van der Waals surface area contributed by atoms with Crippen LogP contribution in [0.4, 0.5) is 0 Å². The first kappa shape index (κ1) is 10.1. The van der Waals surface area contributed by atoms with Gasteiger partial charge in [0.15, 0.2) is 0 Å². The maximum Gasteiger partial charge on any atom is 0.263 e. The van der Waals surface area contributed by atoms with Gasteiger partial charge >= 0.3 is 0 Å². The lowest BCUT2D eigenvalue weighted by atomic mass is 10.3. The minimum absolute atomic E-state index is 0.168. The quantitative estimate of drug-likeness (QED) is 0.433. The molecular weight excluding hydrogens is 168 g/mol. The lowest BCUT2D eigenvalue weighted by molar-refractivity contribution is 0.226. The fraction of sp³-hybridized carbons (Fsp3) is 1.00. The molecule has 0 saturated carbocycles. The van der Waals surface area contributed by atoms with E-state index in [2.05, 4.69) is 0 Å². The van der Waals surface area contributed by atoms with Crippen LogP contribution < -0.4 is 0 Å². The van der Waals surface area contributed by atoms with Crippen molar-refractivity contribution >= 4 is 20.4 Å². The van der Waals surface area contributed by atoms with Crippen molar-refractivity contribution < 1.29 is 12.6 Å². The number of rotatable bonds is 4. The van der Waals surface area contributed by atoms with E-state index in [4.69, 9.17) is 4.18 Å². The summed E-state index contributed by atoms with van der Waals surface area (Å²) in [4.78, 5) is 0. The smallest absolute Gasteiger partial charge is 0.263 e. The largest absolute Gasteiger partial charge is 0.267 e. The molecule has 3 nitrogen and oxygen atoms in total. The van der Waals surface area contributed by atoms with E-state index in [9.17, 15) is 8.42 Å². The molecule has 0 aromatic heterocycles. The summed E-state index contributed by atoms with van der Waals surface area (Å²) >= 11 is 0. The Morgan fingerprint density at radius 2 is 2.10 bits per heavy atom. The second kappa shape index (κ2) is 4.10. The first-order chi connectivity index (χ1) is 4.52. The zero-order valence-electron chi connectivity index (χ0n) is 6.62. The molecule has 5 heteroatoms. The summed E-state index contributed by atoms with van der Waals surface area (Å²) in [6.45, 7) is 3.65. The van der Waals surface area contributed by atoms with Gasteiger partial charge in [-0.2, -0.15) is 8.42 Å². The van der Waals surface area contributed by atoms with Gasteiger partial charge in [-0.25, -0.2) is 0 Å². The third-order valence-corrected chi connectivity index (χ3v) is 4.69. The van der Waals surface area contributed by atoms with Gasteiger partial charge in [-0.15, -0.1) is 0 Å². The van der Waals surface area contributed by atoms with Gasteiger partial charge in [0.25, 0.3) is 10.1 Å². The highest BCUT2D eigenvalue weighted by atomic mass is 32.2. The SMILES string of the molecule is CCC(C)OS(=O)(=O)C[SiH3]. The molecule has 0 saturated heterocycles. The molecule has 0 spiro atoms. The Kier molecular flexibility index (Phi) is 4.15. The van der Waals surface area contributed by atoms with Crippen LogP contribution in [0.15, 0.2) is 0 Å². The third kappa shape index (κ3) is 4.03. The standard InChI is InChI=1S/C5H14O3SSi/c1-3-5(2)8-9(6,7)4-10/h5H,3-4H2,1-2,10H3. The molecule has 0 fully saturated rings. The zero-order valence-corrected chi connectivity index (χ0v) is 9.44. The van der Waals surface area contributed by atoms with E-state index >= 15 is 0 Å². The normalized spacial score (nSPS) is 15.4. The molecule has 0 heterocycles. The second-order valence-electron chi connectivity index (χ2n) is 2.16. The molecule has 0 aliphatic rings. The van der Waals surface area contributed by atoms with E-state index in [0.717, 1.165) is 6.42 Å². The molecule has 0 N–H and O–H groups in total. The Labute approximate surface area is 65.3 Å². The van der Waals surface area contributed by atoms with Gasteiger partial charge in [0.1, 0.15) is 0 Å². The molecule has 62 valence electrons. The van der Waals surface area contributed by atoms with E-state index < -0.39 is 10.1 Å². The Balaban J connectivity index is 3.90. The van der Waals surface area contributed by atoms with Crippen LogP contribution >= 0.6 is 0 Å². The minimum Gasteiger partial charge on any atom is -0.267 e. The van der Waals surface area contributed by atoms with Gasteiger partial charge < -0.3 is 0 Å². The van der Waals surface area contributed by atoms with Gasteiger partial charge in [-0.1, -0.05) is 6.92 Å². The predicted molar refractivity (Wildman–Crippen MR) is 44.6 cm³/mol. The summed E-state index contributed by atoms with van der Waals surface area (Å²) in [7, 11) is -2.53. The van der Waals surface area contributed by atoms with Crippen LogP contribution in [-0.4, -0.2) is 30.1 Å². The van der Waals surface area contributed by atoms with Crippen molar-refractivity contribution in [3.05, 3.63) is 0 Å². The van der Waals surface area contributed by atoms with E-state index in [-0.39, 0.29) is 11.5 Å². The lowest BCUT2D eigenvalue weighted by Gasteiger charge is -2.08. The van der Waals surface area contributed by atoms with Crippen molar-refractivity contribution in [2.45, 2.75) is 26.4 Å². The van der Waals surface area contributed by atoms with Crippen molar-refractivity contribution in [2.75, 3.05) is 5.38 Å². The maximum absolute atomic E-state index is 10.8. The van der Waals surface area contributed by atoms with Crippen molar-refractivity contribution in [2.24, 2.45) is 0 Å². The highest BCUT2D eigenvalue weighted by Gasteiger charge is 2.10. The molecule has 0 aromatic carbocycles. The highest BCUT2D eigenvalue weighted by Crippen LogP contribution is 2.01. The van der Waals surface area contributed by atoms with Gasteiger partial charge in [0, 0.05) is 10.2 Å². The lowest BCUT2D eigenvalue weighted by Crippen LogP contribution is -2.17. The van der Waals surface area contributed by atoms with E-state index in [1.807, 2.05) is 6.92 Å². The van der Waals surface area contributed by atoms with Gasteiger partial charge in [0.05, 0.1) is 11.5 Å². The van der Waals surface area contributed by atoms with Crippen LogP contribution in [0.2, 0.25) is 0 Å². The van der Waals surface area contributed by atoms with Crippen LogP contribution in [0.25, 0.3) is 0 Å². The van der Waals surface area contributed by atoms with Gasteiger partial charge in [0.2, 0.25) is 0 Å². The summed E-state index contributed by atoms with van der Waals surface area (Å²) in [5.74, 6) is 0. The molecule has 0 bridgehead atoms. The van der Waals surface area contributed by atoms with Crippen LogP contribution in [0.1, 0.15) is 20.3 Å².